The highest BCUT2D eigenvalue weighted by Gasteiger charge is 2.47. The van der Waals surface area contributed by atoms with Gasteiger partial charge in [0.2, 0.25) is 0 Å². The number of rotatable bonds is 2. The maximum absolute atomic E-state index is 12.4. The number of hydrogen-bond acceptors (Lipinski definition) is 4. The molecule has 1 amide bonds. The summed E-state index contributed by atoms with van der Waals surface area (Å²) in [4.78, 5) is 23.0. The van der Waals surface area contributed by atoms with E-state index in [0.717, 1.165) is 24.3 Å². The fraction of sp³-hybridized carbons (Fsp3) is 0.588. The van der Waals surface area contributed by atoms with E-state index in [0.29, 0.717) is 18.7 Å². The van der Waals surface area contributed by atoms with Gasteiger partial charge in [0, 0.05) is 18.3 Å². The van der Waals surface area contributed by atoms with Crippen molar-refractivity contribution in [1.29, 1.82) is 0 Å². The van der Waals surface area contributed by atoms with Gasteiger partial charge in [-0.05, 0) is 26.0 Å². The highest BCUT2D eigenvalue weighted by atomic mass is 16.2. The third-order valence-electron chi connectivity index (χ3n) is 5.06. The van der Waals surface area contributed by atoms with Crippen molar-refractivity contribution in [2.75, 3.05) is 13.2 Å². The topological polar surface area (TPSA) is 83.1 Å². The normalized spacial score (nSPS) is 27.4. The summed E-state index contributed by atoms with van der Waals surface area (Å²) in [7, 11) is 0. The van der Waals surface area contributed by atoms with E-state index in [2.05, 4.69) is 26.9 Å². The fourth-order valence-electron chi connectivity index (χ4n) is 4.00. The van der Waals surface area contributed by atoms with Gasteiger partial charge in [0.1, 0.15) is 11.5 Å². The minimum Gasteiger partial charge on any atom is -0.348 e. The SMILES string of the molecule is C=N/C=C1/CC=C2C(=O)NCC3(CCCCCC3)N2C1=NCN. The van der Waals surface area contributed by atoms with Gasteiger partial charge in [-0.25, -0.2) is 0 Å². The molecule has 2 heterocycles. The average Bonchev–Trinajstić information content (AvgIpc) is 2.79. The van der Waals surface area contributed by atoms with Gasteiger partial charge in [-0.2, -0.15) is 0 Å². The van der Waals surface area contributed by atoms with Crippen LogP contribution in [0.5, 0.6) is 0 Å². The lowest BCUT2D eigenvalue weighted by Gasteiger charge is -2.51. The van der Waals surface area contributed by atoms with Crippen LogP contribution in [0.4, 0.5) is 0 Å². The van der Waals surface area contributed by atoms with Crippen LogP contribution in [0, 0.1) is 0 Å². The third-order valence-corrected chi connectivity index (χ3v) is 5.06. The first kappa shape index (κ1) is 15.9. The van der Waals surface area contributed by atoms with Gasteiger partial charge in [-0.3, -0.25) is 14.8 Å². The zero-order chi connectivity index (χ0) is 16.3. The number of amides is 1. The predicted molar refractivity (Wildman–Crippen MR) is 92.1 cm³/mol. The summed E-state index contributed by atoms with van der Waals surface area (Å²) in [6, 6.07) is 0. The lowest BCUT2D eigenvalue weighted by atomic mass is 9.83. The molecule has 0 aromatic rings. The third kappa shape index (κ3) is 2.83. The maximum Gasteiger partial charge on any atom is 0.267 e. The summed E-state index contributed by atoms with van der Waals surface area (Å²) >= 11 is 0. The van der Waals surface area contributed by atoms with Crippen LogP contribution in [0.2, 0.25) is 0 Å². The van der Waals surface area contributed by atoms with Crippen LogP contribution < -0.4 is 11.1 Å². The average molecular weight is 315 g/mol. The van der Waals surface area contributed by atoms with Gasteiger partial charge in [0.15, 0.2) is 0 Å². The molecule has 0 unspecified atom stereocenters. The van der Waals surface area contributed by atoms with Crippen molar-refractivity contribution in [2.45, 2.75) is 50.5 Å². The quantitative estimate of drug-likeness (QED) is 0.761. The van der Waals surface area contributed by atoms with Crippen LogP contribution in [0.25, 0.3) is 0 Å². The Morgan fingerprint density at radius 2 is 2.09 bits per heavy atom. The van der Waals surface area contributed by atoms with Crippen LogP contribution in [-0.4, -0.2) is 42.1 Å². The van der Waals surface area contributed by atoms with E-state index in [1.807, 2.05) is 6.08 Å². The second-order valence-corrected chi connectivity index (χ2v) is 6.45. The number of piperazine rings is 1. The van der Waals surface area contributed by atoms with Crippen molar-refractivity contribution in [3.63, 3.8) is 0 Å². The number of fused-ring (bicyclic) bond motifs is 2. The molecule has 6 heteroatoms. The molecule has 0 radical (unpaired) electrons. The highest BCUT2D eigenvalue weighted by Crippen LogP contribution is 2.40. The molecule has 3 N–H and O–H groups in total. The highest BCUT2D eigenvalue weighted by molar-refractivity contribution is 6.08. The molecule has 2 fully saturated rings. The Morgan fingerprint density at radius 1 is 1.35 bits per heavy atom. The fourth-order valence-corrected chi connectivity index (χ4v) is 4.00. The zero-order valence-electron chi connectivity index (χ0n) is 13.6. The number of nitrogens with one attached hydrogen (secondary N) is 1. The second kappa shape index (κ2) is 6.66. The number of carbonyl (C=O) groups excluding carboxylic acids is 1. The minimum atomic E-state index is -0.0923. The van der Waals surface area contributed by atoms with Crippen molar-refractivity contribution >= 4 is 18.5 Å². The number of nitrogens with two attached hydrogens (primary N) is 1. The van der Waals surface area contributed by atoms with Gasteiger partial charge < -0.3 is 16.0 Å². The van der Waals surface area contributed by atoms with Gasteiger partial charge in [-0.1, -0.05) is 31.8 Å². The molecule has 2 aliphatic heterocycles. The number of hydrogen-bond donors (Lipinski definition) is 2. The Bertz CT molecular complexity index is 582. The number of carbonyl (C=O) groups is 1. The smallest absolute Gasteiger partial charge is 0.267 e. The molecule has 1 spiro atoms. The first-order chi connectivity index (χ1) is 11.2. The van der Waals surface area contributed by atoms with Crippen molar-refractivity contribution in [2.24, 2.45) is 15.7 Å². The first-order valence-corrected chi connectivity index (χ1v) is 8.40. The van der Waals surface area contributed by atoms with E-state index in [1.54, 1.807) is 6.20 Å². The zero-order valence-corrected chi connectivity index (χ0v) is 13.6. The molecule has 1 saturated carbocycles. The van der Waals surface area contributed by atoms with Crippen molar-refractivity contribution in [1.82, 2.24) is 10.2 Å². The Kier molecular flexibility index (Phi) is 4.61. The van der Waals surface area contributed by atoms with Crippen LogP contribution in [0.1, 0.15) is 44.9 Å². The molecule has 0 aromatic heterocycles. The summed E-state index contributed by atoms with van der Waals surface area (Å²) in [5, 5.41) is 3.09. The van der Waals surface area contributed by atoms with Gasteiger partial charge in [0.25, 0.3) is 5.91 Å². The van der Waals surface area contributed by atoms with Crippen LogP contribution in [0.15, 0.2) is 33.5 Å². The van der Waals surface area contributed by atoms with Crippen molar-refractivity contribution in [3.05, 3.63) is 23.5 Å². The summed E-state index contributed by atoms with van der Waals surface area (Å²) in [6.45, 7) is 4.42. The molecule has 124 valence electrons. The standard InChI is InChI=1S/C17H25N5O/c1-19-10-13-6-7-14-16(23)20-11-17(8-4-2-3-5-9-17)22(14)15(13)21-12-18/h7,10H,1-6,8-9,11-12,18H2,(H,20,23)/b13-10-,21-15?. The van der Waals surface area contributed by atoms with E-state index >= 15 is 0 Å². The predicted octanol–water partition coefficient (Wildman–Crippen LogP) is 1.70. The molecule has 6 nitrogen and oxygen atoms in total. The van der Waals surface area contributed by atoms with Crippen LogP contribution >= 0.6 is 0 Å². The maximum atomic E-state index is 12.4. The number of allylic oxidation sites excluding steroid dienone is 1. The molecule has 1 saturated heterocycles. The number of amidine groups is 1. The van der Waals surface area contributed by atoms with Crippen LogP contribution in [0.3, 0.4) is 0 Å². The Morgan fingerprint density at radius 3 is 2.74 bits per heavy atom. The number of aliphatic imine (C=N–C) groups is 2. The molecule has 23 heavy (non-hydrogen) atoms. The molecular weight excluding hydrogens is 290 g/mol. The van der Waals surface area contributed by atoms with Gasteiger partial charge in [-0.15, -0.1) is 0 Å². The molecule has 0 aromatic carbocycles. The second-order valence-electron chi connectivity index (χ2n) is 6.45. The van der Waals surface area contributed by atoms with E-state index in [1.165, 1.54) is 25.7 Å². The summed E-state index contributed by atoms with van der Waals surface area (Å²) < 4.78 is 0. The van der Waals surface area contributed by atoms with E-state index < -0.39 is 0 Å². The van der Waals surface area contributed by atoms with E-state index in [9.17, 15) is 4.79 Å². The monoisotopic (exact) mass is 315 g/mol. The Hall–Kier alpha value is -1.95. The molecular formula is C17H25N5O. The Labute approximate surface area is 137 Å². The van der Waals surface area contributed by atoms with Gasteiger partial charge >= 0.3 is 0 Å². The summed E-state index contributed by atoms with van der Waals surface area (Å²) in [5.74, 6) is 0.782. The van der Waals surface area contributed by atoms with E-state index in [-0.39, 0.29) is 18.1 Å². The lowest BCUT2D eigenvalue weighted by Crippen LogP contribution is -2.64. The van der Waals surface area contributed by atoms with Crippen molar-refractivity contribution in [3.8, 4) is 0 Å². The number of nitrogens with zero attached hydrogens (tertiary/aromatic N) is 3. The van der Waals surface area contributed by atoms with Crippen LogP contribution in [-0.2, 0) is 4.79 Å². The van der Waals surface area contributed by atoms with Crippen molar-refractivity contribution < 1.29 is 4.79 Å². The molecule has 3 aliphatic rings. The Balaban J connectivity index is 2.10. The lowest BCUT2D eigenvalue weighted by molar-refractivity contribution is -0.122. The van der Waals surface area contributed by atoms with E-state index in [4.69, 9.17) is 5.73 Å². The first-order valence-electron chi connectivity index (χ1n) is 8.40. The summed E-state index contributed by atoms with van der Waals surface area (Å²) in [6.07, 6.45) is 11.3. The molecule has 1 aliphatic carbocycles. The van der Waals surface area contributed by atoms with Gasteiger partial charge in [0.05, 0.1) is 12.2 Å². The minimum absolute atomic E-state index is 0.0183. The largest absolute Gasteiger partial charge is 0.348 e. The molecule has 3 rings (SSSR count). The molecule has 0 bridgehead atoms. The molecule has 0 atom stereocenters. The summed E-state index contributed by atoms with van der Waals surface area (Å²) in [5.41, 5.74) is 7.32.